The molecule has 1 aromatic heterocycles. The van der Waals surface area contributed by atoms with E-state index in [1.54, 1.807) is 21.3 Å². The molecule has 10 heteroatoms. The van der Waals surface area contributed by atoms with Crippen molar-refractivity contribution in [2.45, 2.75) is 6.92 Å². The van der Waals surface area contributed by atoms with E-state index >= 15 is 0 Å². The molecule has 1 heterocycles. The third kappa shape index (κ3) is 7.10. The van der Waals surface area contributed by atoms with E-state index in [1.165, 1.54) is 11.3 Å². The summed E-state index contributed by atoms with van der Waals surface area (Å²) in [5.74, 6) is 1.18. The lowest BCUT2D eigenvalue weighted by Gasteiger charge is -2.08. The standard InChI is InChI=1S/C18H25N3O4S.2ClH/c1-12-16(17(22)20-8-7-19-9-10-23-2)26-18(21-12)13-5-6-14(24-3)15(11-13)25-4;;/h5-6,11,19H,7-10H2,1-4H3,(H,20,22);2*1H. The number of carbonyl (C=O) groups is 1. The Kier molecular flexibility index (Phi) is 12.8. The van der Waals surface area contributed by atoms with Crippen molar-refractivity contribution in [3.63, 3.8) is 0 Å². The van der Waals surface area contributed by atoms with Crippen LogP contribution in [0.15, 0.2) is 18.2 Å². The number of methoxy groups -OCH3 is 3. The Morgan fingerprint density at radius 3 is 2.43 bits per heavy atom. The molecule has 2 aromatic rings. The third-order valence-corrected chi connectivity index (χ3v) is 4.91. The lowest BCUT2D eigenvalue weighted by Crippen LogP contribution is -2.33. The predicted molar refractivity (Wildman–Crippen MR) is 117 cm³/mol. The lowest BCUT2D eigenvalue weighted by molar-refractivity contribution is 0.0957. The first-order valence-corrected chi connectivity index (χ1v) is 9.10. The van der Waals surface area contributed by atoms with Gasteiger partial charge in [-0.05, 0) is 25.1 Å². The molecule has 0 aliphatic heterocycles. The van der Waals surface area contributed by atoms with Gasteiger partial charge < -0.3 is 24.8 Å². The number of nitrogens with zero attached hydrogens (tertiary/aromatic N) is 1. The summed E-state index contributed by atoms with van der Waals surface area (Å²) in [6, 6.07) is 5.59. The topological polar surface area (TPSA) is 81.7 Å². The van der Waals surface area contributed by atoms with Crippen LogP contribution in [0.3, 0.4) is 0 Å². The largest absolute Gasteiger partial charge is 0.493 e. The van der Waals surface area contributed by atoms with Crippen LogP contribution in [0.1, 0.15) is 15.4 Å². The fraction of sp³-hybridized carbons (Fsp3) is 0.444. The molecule has 2 N–H and O–H groups in total. The summed E-state index contributed by atoms with van der Waals surface area (Å²) in [5.41, 5.74) is 1.60. The van der Waals surface area contributed by atoms with Crippen LogP contribution in [0.5, 0.6) is 11.5 Å². The number of thiazole rings is 1. The Balaban J connectivity index is 0.00000364. The minimum atomic E-state index is -0.111. The summed E-state index contributed by atoms with van der Waals surface area (Å²) in [7, 11) is 4.85. The van der Waals surface area contributed by atoms with E-state index in [4.69, 9.17) is 14.2 Å². The van der Waals surface area contributed by atoms with E-state index in [1.807, 2.05) is 25.1 Å². The summed E-state index contributed by atoms with van der Waals surface area (Å²) in [6.45, 7) is 4.49. The van der Waals surface area contributed by atoms with E-state index in [0.29, 0.717) is 41.8 Å². The number of amides is 1. The van der Waals surface area contributed by atoms with Crippen molar-refractivity contribution in [3.8, 4) is 22.1 Å². The van der Waals surface area contributed by atoms with Gasteiger partial charge in [0.15, 0.2) is 11.5 Å². The summed E-state index contributed by atoms with van der Waals surface area (Å²) in [4.78, 5) is 17.5. The van der Waals surface area contributed by atoms with Crippen LogP contribution in [0, 0.1) is 6.92 Å². The molecule has 0 saturated carbocycles. The second kappa shape index (κ2) is 13.6. The fourth-order valence-electron chi connectivity index (χ4n) is 2.34. The number of aromatic nitrogens is 1. The Hall–Kier alpha value is -1.58. The van der Waals surface area contributed by atoms with Crippen molar-refractivity contribution < 1.29 is 19.0 Å². The molecule has 0 aliphatic carbocycles. The fourth-order valence-corrected chi connectivity index (χ4v) is 3.32. The van der Waals surface area contributed by atoms with Crippen molar-refractivity contribution in [1.29, 1.82) is 0 Å². The van der Waals surface area contributed by atoms with Crippen molar-refractivity contribution in [2.75, 3.05) is 47.6 Å². The first-order chi connectivity index (χ1) is 12.6. The summed E-state index contributed by atoms with van der Waals surface area (Å²) in [5, 5.41) is 6.86. The van der Waals surface area contributed by atoms with Crippen molar-refractivity contribution in [1.82, 2.24) is 15.6 Å². The van der Waals surface area contributed by atoms with Crippen LogP contribution in [-0.2, 0) is 4.74 Å². The highest BCUT2D eigenvalue weighted by atomic mass is 35.5. The Morgan fingerprint density at radius 1 is 1.07 bits per heavy atom. The molecule has 0 aliphatic rings. The average Bonchev–Trinajstić information content (AvgIpc) is 3.05. The molecule has 0 saturated heterocycles. The normalized spacial score (nSPS) is 9.86. The van der Waals surface area contributed by atoms with Crippen molar-refractivity contribution >= 4 is 42.1 Å². The molecule has 0 atom stereocenters. The second-order valence-electron chi connectivity index (χ2n) is 5.50. The molecular formula is C18H27Cl2N3O4S. The van der Waals surface area contributed by atoms with Gasteiger partial charge in [0, 0.05) is 32.3 Å². The minimum Gasteiger partial charge on any atom is -0.493 e. The molecule has 1 aromatic carbocycles. The maximum Gasteiger partial charge on any atom is 0.263 e. The number of halogens is 2. The Bertz CT molecular complexity index is 744. The van der Waals surface area contributed by atoms with Gasteiger partial charge in [0.2, 0.25) is 0 Å². The first-order valence-electron chi connectivity index (χ1n) is 8.28. The van der Waals surface area contributed by atoms with Gasteiger partial charge in [0.05, 0.1) is 26.5 Å². The number of hydrogen-bond donors (Lipinski definition) is 2. The van der Waals surface area contributed by atoms with Gasteiger partial charge in [-0.15, -0.1) is 36.2 Å². The number of nitrogens with one attached hydrogen (secondary N) is 2. The Labute approximate surface area is 182 Å². The molecule has 28 heavy (non-hydrogen) atoms. The van der Waals surface area contributed by atoms with Crippen LogP contribution in [0.2, 0.25) is 0 Å². The summed E-state index contributed by atoms with van der Waals surface area (Å²) in [6.07, 6.45) is 0. The van der Waals surface area contributed by atoms with Gasteiger partial charge in [0.25, 0.3) is 5.91 Å². The third-order valence-electron chi connectivity index (χ3n) is 3.70. The lowest BCUT2D eigenvalue weighted by atomic mass is 10.2. The number of ether oxygens (including phenoxy) is 3. The number of rotatable bonds is 10. The first kappa shape index (κ1) is 26.4. The van der Waals surface area contributed by atoms with Gasteiger partial charge in [0.1, 0.15) is 9.88 Å². The molecule has 0 bridgehead atoms. The molecule has 1 amide bonds. The molecule has 158 valence electrons. The molecule has 2 rings (SSSR count). The van der Waals surface area contributed by atoms with Crippen LogP contribution in [0.25, 0.3) is 10.6 Å². The zero-order valence-corrected chi connectivity index (χ0v) is 18.8. The van der Waals surface area contributed by atoms with E-state index < -0.39 is 0 Å². The van der Waals surface area contributed by atoms with Crippen LogP contribution < -0.4 is 20.1 Å². The highest BCUT2D eigenvalue weighted by molar-refractivity contribution is 7.17. The smallest absolute Gasteiger partial charge is 0.263 e. The van der Waals surface area contributed by atoms with Crippen molar-refractivity contribution in [2.24, 2.45) is 0 Å². The zero-order chi connectivity index (χ0) is 18.9. The predicted octanol–water partition coefficient (Wildman–Crippen LogP) is 2.95. The molecule has 0 radical (unpaired) electrons. The highest BCUT2D eigenvalue weighted by Crippen LogP contribution is 2.34. The monoisotopic (exact) mass is 451 g/mol. The van der Waals surface area contributed by atoms with Gasteiger partial charge in [-0.25, -0.2) is 4.98 Å². The van der Waals surface area contributed by atoms with Gasteiger partial charge in [-0.1, -0.05) is 0 Å². The Morgan fingerprint density at radius 2 is 1.79 bits per heavy atom. The summed E-state index contributed by atoms with van der Waals surface area (Å²) >= 11 is 1.37. The van der Waals surface area contributed by atoms with Crippen molar-refractivity contribution in [3.05, 3.63) is 28.8 Å². The van der Waals surface area contributed by atoms with Crippen LogP contribution >= 0.6 is 36.2 Å². The van der Waals surface area contributed by atoms with E-state index in [0.717, 1.165) is 17.1 Å². The summed E-state index contributed by atoms with van der Waals surface area (Å²) < 4.78 is 15.5. The van der Waals surface area contributed by atoms with Crippen LogP contribution in [-0.4, -0.2) is 58.5 Å². The average molecular weight is 452 g/mol. The zero-order valence-electron chi connectivity index (χ0n) is 16.4. The second-order valence-corrected chi connectivity index (χ2v) is 6.50. The SMILES string of the molecule is COCCNCCNC(=O)c1sc(-c2ccc(OC)c(OC)c2)nc1C.Cl.Cl. The minimum absolute atomic E-state index is 0. The number of hydrogen-bond acceptors (Lipinski definition) is 7. The molecule has 0 unspecified atom stereocenters. The highest BCUT2D eigenvalue weighted by Gasteiger charge is 2.17. The number of aryl methyl sites for hydroxylation is 1. The van der Waals surface area contributed by atoms with E-state index in [-0.39, 0.29) is 30.7 Å². The molecule has 0 fully saturated rings. The number of carbonyl (C=O) groups excluding carboxylic acids is 1. The quantitative estimate of drug-likeness (QED) is 0.540. The molecule has 7 nitrogen and oxygen atoms in total. The maximum atomic E-state index is 12.4. The van der Waals surface area contributed by atoms with Gasteiger partial charge in [-0.3, -0.25) is 4.79 Å². The van der Waals surface area contributed by atoms with Gasteiger partial charge >= 0.3 is 0 Å². The van der Waals surface area contributed by atoms with E-state index in [9.17, 15) is 4.79 Å². The van der Waals surface area contributed by atoms with Gasteiger partial charge in [-0.2, -0.15) is 0 Å². The molecular weight excluding hydrogens is 425 g/mol. The van der Waals surface area contributed by atoms with Crippen LogP contribution in [0.4, 0.5) is 0 Å². The molecule has 0 spiro atoms. The number of benzene rings is 1. The van der Waals surface area contributed by atoms with E-state index in [2.05, 4.69) is 15.6 Å². The maximum absolute atomic E-state index is 12.4.